The van der Waals surface area contributed by atoms with E-state index in [0.29, 0.717) is 11.6 Å². The predicted molar refractivity (Wildman–Crippen MR) is 159 cm³/mol. The van der Waals surface area contributed by atoms with Crippen molar-refractivity contribution < 1.29 is 0 Å². The lowest BCUT2D eigenvalue weighted by Gasteiger charge is -2.08. The van der Waals surface area contributed by atoms with E-state index in [2.05, 4.69) is 90.6 Å². The Balaban J connectivity index is 1.23. The van der Waals surface area contributed by atoms with Gasteiger partial charge < -0.3 is 0 Å². The van der Waals surface area contributed by atoms with Crippen LogP contribution in [0, 0.1) is 0 Å². The molecule has 4 aromatic heterocycles. The molecule has 8 aromatic rings. The number of rotatable bonds is 4. The summed E-state index contributed by atoms with van der Waals surface area (Å²) >= 11 is 1.39. The van der Waals surface area contributed by atoms with Crippen molar-refractivity contribution in [3.8, 4) is 39.0 Å². The summed E-state index contributed by atoms with van der Waals surface area (Å²) in [5.41, 5.74) is 5.94. The van der Waals surface area contributed by atoms with E-state index in [1.54, 1.807) is 0 Å². The second kappa shape index (κ2) is 9.14. The maximum atomic E-state index is 4.90. The largest absolute Gasteiger partial charge is 0.294 e. The Kier molecular flexibility index (Phi) is 5.17. The van der Waals surface area contributed by atoms with E-state index in [1.807, 2.05) is 36.5 Å². The highest BCUT2D eigenvalue weighted by molar-refractivity contribution is 7.09. The van der Waals surface area contributed by atoms with Gasteiger partial charge in [-0.25, -0.2) is 24.9 Å². The molecule has 0 atom stereocenters. The van der Waals surface area contributed by atoms with Crippen LogP contribution in [-0.4, -0.2) is 33.9 Å². The van der Waals surface area contributed by atoms with Crippen LogP contribution in [0.3, 0.4) is 0 Å². The third-order valence-corrected chi connectivity index (χ3v) is 7.83. The van der Waals surface area contributed by atoms with Gasteiger partial charge in [0.2, 0.25) is 0 Å². The lowest BCUT2D eigenvalue weighted by Crippen LogP contribution is -1.95. The van der Waals surface area contributed by atoms with Crippen LogP contribution in [0.25, 0.3) is 71.7 Å². The van der Waals surface area contributed by atoms with Gasteiger partial charge in [0.25, 0.3) is 0 Å². The van der Waals surface area contributed by atoms with E-state index < -0.39 is 0 Å². The molecule has 0 unspecified atom stereocenters. The molecule has 0 saturated carbocycles. The Morgan fingerprint density at radius 1 is 0.600 bits per heavy atom. The molecule has 4 aromatic carbocycles. The van der Waals surface area contributed by atoms with Crippen LogP contribution >= 0.6 is 11.5 Å². The normalized spacial score (nSPS) is 11.5. The van der Waals surface area contributed by atoms with Crippen molar-refractivity contribution >= 4 is 44.2 Å². The van der Waals surface area contributed by atoms with E-state index in [1.165, 1.54) is 35.0 Å². The SMILES string of the molecule is c1cc(-c2ncncn2)cc(-c2nsc(-c3ccc4c(c3)c3cccnc3n4-c3ccc4ccccc4c3)n2)c1. The Morgan fingerprint density at radius 2 is 1.45 bits per heavy atom. The van der Waals surface area contributed by atoms with Crippen LogP contribution in [0.5, 0.6) is 0 Å². The summed E-state index contributed by atoms with van der Waals surface area (Å²) in [5.74, 6) is 1.30. The van der Waals surface area contributed by atoms with Crippen LogP contribution in [0.4, 0.5) is 0 Å². The van der Waals surface area contributed by atoms with E-state index in [9.17, 15) is 0 Å². The predicted octanol–water partition coefficient (Wildman–Crippen LogP) is 7.37. The van der Waals surface area contributed by atoms with Gasteiger partial charge in [0.15, 0.2) is 11.6 Å². The topological polar surface area (TPSA) is 82.3 Å². The van der Waals surface area contributed by atoms with E-state index in [4.69, 9.17) is 9.97 Å². The average molecular weight is 534 g/mol. The molecule has 0 radical (unpaired) electrons. The first-order valence-corrected chi connectivity index (χ1v) is 13.5. The molecule has 40 heavy (non-hydrogen) atoms. The molecule has 4 heterocycles. The van der Waals surface area contributed by atoms with E-state index >= 15 is 0 Å². The van der Waals surface area contributed by atoms with Gasteiger partial charge in [0.1, 0.15) is 23.3 Å². The molecule has 8 rings (SSSR count). The molecule has 7 nitrogen and oxygen atoms in total. The number of aromatic nitrogens is 7. The molecular formula is C32H19N7S. The van der Waals surface area contributed by atoms with Crippen molar-refractivity contribution in [3.63, 3.8) is 0 Å². The number of pyridine rings is 1. The van der Waals surface area contributed by atoms with Crippen LogP contribution in [0.1, 0.15) is 0 Å². The lowest BCUT2D eigenvalue weighted by atomic mass is 10.1. The molecular weight excluding hydrogens is 514 g/mol. The fraction of sp³-hybridized carbons (Fsp3) is 0. The van der Waals surface area contributed by atoms with Gasteiger partial charge in [0, 0.05) is 39.3 Å². The van der Waals surface area contributed by atoms with Gasteiger partial charge in [-0.3, -0.25) is 4.57 Å². The van der Waals surface area contributed by atoms with Gasteiger partial charge in [-0.05, 0) is 70.8 Å². The maximum absolute atomic E-state index is 4.90. The van der Waals surface area contributed by atoms with Gasteiger partial charge in [-0.15, -0.1) is 0 Å². The monoisotopic (exact) mass is 533 g/mol. The molecule has 0 aliphatic heterocycles. The molecule has 0 bridgehead atoms. The molecule has 8 heteroatoms. The first kappa shape index (κ1) is 22.6. The number of fused-ring (bicyclic) bond motifs is 4. The summed E-state index contributed by atoms with van der Waals surface area (Å²) in [5, 5.41) is 5.50. The highest BCUT2D eigenvalue weighted by Crippen LogP contribution is 2.36. The summed E-state index contributed by atoms with van der Waals surface area (Å²) < 4.78 is 6.92. The Hall–Kier alpha value is -5.34. The molecule has 0 amide bonds. The van der Waals surface area contributed by atoms with Crippen molar-refractivity contribution in [2.75, 3.05) is 0 Å². The van der Waals surface area contributed by atoms with Crippen molar-refractivity contribution in [1.29, 1.82) is 0 Å². The third-order valence-electron chi connectivity index (χ3n) is 7.06. The minimum absolute atomic E-state index is 0.620. The standard InChI is InChI=1S/C32H19N7S/c1-2-6-21-16-25(12-10-20(21)5-1)39-28-13-11-24(17-27(28)26-9-4-14-34-31(26)39)32-37-30(38-40-32)23-8-3-7-22(15-23)29-35-18-33-19-36-29/h1-19H. The van der Waals surface area contributed by atoms with Crippen molar-refractivity contribution in [2.45, 2.75) is 0 Å². The first-order valence-electron chi connectivity index (χ1n) is 12.8. The van der Waals surface area contributed by atoms with Crippen molar-refractivity contribution in [3.05, 3.63) is 116 Å². The highest BCUT2D eigenvalue weighted by Gasteiger charge is 2.16. The van der Waals surface area contributed by atoms with Crippen LogP contribution in [-0.2, 0) is 0 Å². The van der Waals surface area contributed by atoms with Crippen LogP contribution < -0.4 is 0 Å². The first-order chi connectivity index (χ1) is 19.8. The zero-order chi connectivity index (χ0) is 26.5. The maximum Gasteiger partial charge on any atom is 0.173 e. The quantitative estimate of drug-likeness (QED) is 0.235. The summed E-state index contributed by atoms with van der Waals surface area (Å²) in [6, 6.07) is 33.5. The van der Waals surface area contributed by atoms with Gasteiger partial charge in [0.05, 0.1) is 5.52 Å². The number of hydrogen-bond acceptors (Lipinski definition) is 7. The second-order valence-corrected chi connectivity index (χ2v) is 10.2. The highest BCUT2D eigenvalue weighted by atomic mass is 32.1. The molecule has 0 saturated heterocycles. The molecule has 0 spiro atoms. The molecule has 188 valence electrons. The summed E-state index contributed by atoms with van der Waals surface area (Å²) in [4.78, 5) is 22.1. The Labute approximate surface area is 232 Å². The second-order valence-electron chi connectivity index (χ2n) is 9.44. The Morgan fingerprint density at radius 3 is 2.35 bits per heavy atom. The van der Waals surface area contributed by atoms with E-state index in [0.717, 1.165) is 49.3 Å². The summed E-state index contributed by atoms with van der Waals surface area (Å²) in [7, 11) is 0. The molecule has 0 aliphatic carbocycles. The Bertz CT molecular complexity index is 2180. The zero-order valence-corrected chi connectivity index (χ0v) is 21.8. The van der Waals surface area contributed by atoms with Gasteiger partial charge in [-0.1, -0.05) is 48.5 Å². The van der Waals surface area contributed by atoms with Gasteiger partial charge in [-0.2, -0.15) is 4.37 Å². The third kappa shape index (κ3) is 3.73. The number of benzene rings is 4. The van der Waals surface area contributed by atoms with Crippen molar-refractivity contribution in [1.82, 2.24) is 33.9 Å². The lowest BCUT2D eigenvalue weighted by molar-refractivity contribution is 1.06. The minimum atomic E-state index is 0.620. The molecule has 0 aliphatic rings. The number of hydrogen-bond donors (Lipinski definition) is 0. The van der Waals surface area contributed by atoms with E-state index in [-0.39, 0.29) is 0 Å². The molecule has 0 N–H and O–H groups in total. The fourth-order valence-electron chi connectivity index (χ4n) is 5.20. The van der Waals surface area contributed by atoms with Crippen molar-refractivity contribution in [2.24, 2.45) is 0 Å². The average Bonchev–Trinajstić information content (AvgIpc) is 3.65. The zero-order valence-electron chi connectivity index (χ0n) is 21.0. The molecule has 0 fully saturated rings. The van der Waals surface area contributed by atoms with Crippen LogP contribution in [0.15, 0.2) is 116 Å². The van der Waals surface area contributed by atoms with Crippen LogP contribution in [0.2, 0.25) is 0 Å². The smallest absolute Gasteiger partial charge is 0.173 e. The minimum Gasteiger partial charge on any atom is -0.294 e. The summed E-state index contributed by atoms with van der Waals surface area (Å²) in [6.07, 6.45) is 4.84. The fourth-order valence-corrected chi connectivity index (χ4v) is 5.88. The summed E-state index contributed by atoms with van der Waals surface area (Å²) in [6.45, 7) is 0. The van der Waals surface area contributed by atoms with Gasteiger partial charge >= 0.3 is 0 Å². The number of nitrogens with zero attached hydrogens (tertiary/aromatic N) is 7.